The highest BCUT2D eigenvalue weighted by molar-refractivity contribution is 6.10. The van der Waals surface area contributed by atoms with Crippen LogP contribution in [-0.4, -0.2) is 149 Å². The molecule has 0 saturated carbocycles. The number of amides is 2. The fraction of sp³-hybridized carbons (Fsp3) is 0.375. The van der Waals surface area contributed by atoms with Gasteiger partial charge in [0, 0.05) is 94.6 Å². The molecule has 2 amide bonds. The number of nitrogens with one attached hydrogen (secondary N) is 2. The minimum absolute atomic E-state index is 0.00328. The number of benzene rings is 4. The molecule has 6 heterocycles. The molecular formula is C64H70F2N12O12. The van der Waals surface area contributed by atoms with Gasteiger partial charge in [0.1, 0.15) is 51.2 Å². The Kier molecular flexibility index (Phi) is 19.1. The van der Waals surface area contributed by atoms with E-state index in [-0.39, 0.29) is 87.2 Å². The number of aromatic nitrogens is 8. The van der Waals surface area contributed by atoms with Crippen LogP contribution in [0.15, 0.2) is 85.5 Å². The Hall–Kier alpha value is -10.1. The molecule has 2 aliphatic rings. The highest BCUT2D eigenvalue weighted by Gasteiger charge is 2.33. The zero-order valence-electron chi connectivity index (χ0n) is 51.5. The van der Waals surface area contributed by atoms with Gasteiger partial charge in [-0.15, -0.1) is 0 Å². The summed E-state index contributed by atoms with van der Waals surface area (Å²) in [5, 5.41) is 35.9. The van der Waals surface area contributed by atoms with Gasteiger partial charge in [0.2, 0.25) is 0 Å². The van der Waals surface area contributed by atoms with Crippen molar-refractivity contribution in [3.05, 3.63) is 131 Å². The van der Waals surface area contributed by atoms with Crippen LogP contribution in [-0.2, 0) is 36.4 Å². The summed E-state index contributed by atoms with van der Waals surface area (Å²) < 4.78 is 54.1. The van der Waals surface area contributed by atoms with Gasteiger partial charge in [0.15, 0.2) is 23.2 Å². The Balaban J connectivity index is 0.000000213. The van der Waals surface area contributed by atoms with Crippen LogP contribution in [0.2, 0.25) is 0 Å². The van der Waals surface area contributed by atoms with Gasteiger partial charge in [0.25, 0.3) is 0 Å². The number of carboxylic acids is 2. The predicted octanol–water partition coefficient (Wildman–Crippen LogP) is 9.59. The minimum Gasteiger partial charge on any atom is -0.496 e. The summed E-state index contributed by atoms with van der Waals surface area (Å²) in [6, 6.07) is 14.0. The number of hydrogen-bond acceptors (Lipinski definition) is 18. The zero-order valence-corrected chi connectivity index (χ0v) is 51.5. The number of fused-ring (bicyclic) bond motifs is 2. The number of piperidine rings is 2. The number of aromatic carboxylic acids is 2. The van der Waals surface area contributed by atoms with Gasteiger partial charge in [-0.2, -0.15) is 10.2 Å². The molecule has 2 saturated heterocycles. The largest absolute Gasteiger partial charge is 0.496 e. The van der Waals surface area contributed by atoms with Crippen LogP contribution in [0.3, 0.4) is 0 Å². The summed E-state index contributed by atoms with van der Waals surface area (Å²) in [7, 11) is 6.16. The third-order valence-electron chi connectivity index (χ3n) is 14.8. The number of ether oxygens (including phenoxy) is 4. The first-order valence-electron chi connectivity index (χ1n) is 29.0. The number of methoxy groups -OCH3 is 2. The molecule has 0 bridgehead atoms. The molecule has 8 aromatic rings. The van der Waals surface area contributed by atoms with E-state index in [2.05, 4.69) is 40.8 Å². The fourth-order valence-corrected chi connectivity index (χ4v) is 11.2. The van der Waals surface area contributed by atoms with E-state index in [0.29, 0.717) is 65.0 Å². The maximum atomic E-state index is 14.8. The molecule has 4 N–H and O–H groups in total. The molecule has 10 rings (SSSR count). The summed E-state index contributed by atoms with van der Waals surface area (Å²) in [6.07, 6.45) is 7.50. The number of halogens is 2. The van der Waals surface area contributed by atoms with Crippen LogP contribution in [0.25, 0.3) is 44.6 Å². The van der Waals surface area contributed by atoms with Crippen molar-refractivity contribution in [3.63, 3.8) is 0 Å². The number of nitrogens with zero attached hydrogens (tertiary/aromatic N) is 10. The second-order valence-electron chi connectivity index (χ2n) is 23.8. The van der Waals surface area contributed by atoms with Crippen molar-refractivity contribution >= 4 is 68.9 Å². The standard InChI is InChI=1S/2C32H35FN6O6/c1-32(2,3)45-31(43)36-19-8-7-13-39(17-19)27-18(14-20(30(41)42)28-21(27)16-35-38(28)4)15-24(40)23-11-12-34-29(37-23)26-22(33)9-6-10-25(26)44-5;1-32(2,3)45-31(43)35-19-8-7-13-39(16-19)28-18(14-20(30(41)42)27-21(28)17-38(4)37-27)15-24(40)23-11-12-34-29(36-23)26-22(33)9-6-10-25(26)44-5/h6,9-12,14,16,19H,7-8,13,15,17H2,1-5H3,(H,36,43)(H,41,42);6,9-12,14,17,19H,7-8,13,15-16H2,1-5H3,(H,35,43)(H,41,42)/t2*19-/m11/s1. The van der Waals surface area contributed by atoms with E-state index in [0.717, 1.165) is 25.7 Å². The van der Waals surface area contributed by atoms with Crippen molar-refractivity contribution in [2.24, 2.45) is 14.1 Å². The molecule has 24 nitrogen and oxygen atoms in total. The van der Waals surface area contributed by atoms with Crippen molar-refractivity contribution in [2.75, 3.05) is 50.2 Å². The lowest BCUT2D eigenvalue weighted by Crippen LogP contribution is -2.49. The van der Waals surface area contributed by atoms with Gasteiger partial charge in [-0.1, -0.05) is 12.1 Å². The van der Waals surface area contributed by atoms with Crippen LogP contribution in [0, 0.1) is 11.6 Å². The quantitative estimate of drug-likeness (QED) is 0.0654. The first kappa shape index (κ1) is 64.3. The van der Waals surface area contributed by atoms with Gasteiger partial charge in [0.05, 0.1) is 59.6 Å². The Morgan fingerprint density at radius 1 is 0.644 bits per heavy atom. The first-order chi connectivity index (χ1) is 42.7. The number of carbonyl (C=O) groups excluding carboxylic acids is 4. The molecule has 0 aliphatic carbocycles. The van der Waals surface area contributed by atoms with Crippen molar-refractivity contribution in [3.8, 4) is 34.3 Å². The third-order valence-corrected chi connectivity index (χ3v) is 14.8. The highest BCUT2D eigenvalue weighted by Crippen LogP contribution is 2.39. The molecule has 4 aromatic carbocycles. The molecule has 0 spiro atoms. The number of carbonyl (C=O) groups is 6. The molecule has 2 atom stereocenters. The smallest absolute Gasteiger partial charge is 0.407 e. The Bertz CT molecular complexity index is 3910. The fourth-order valence-electron chi connectivity index (χ4n) is 11.2. The number of Topliss-reactive ketones (excluding diaryl/α,β-unsaturated/α-hetero) is 2. The second kappa shape index (κ2) is 26.7. The lowest BCUT2D eigenvalue weighted by Gasteiger charge is -2.36. The third kappa shape index (κ3) is 14.7. The normalized spacial score (nSPS) is 15.2. The van der Waals surface area contributed by atoms with Gasteiger partial charge in [-0.05, 0) is 127 Å². The molecule has 26 heteroatoms. The number of carboxylic acid groups (broad SMARTS) is 2. The van der Waals surface area contributed by atoms with Gasteiger partial charge in [-0.25, -0.2) is 47.9 Å². The lowest BCUT2D eigenvalue weighted by atomic mass is 9.95. The van der Waals surface area contributed by atoms with E-state index < -0.39 is 58.5 Å². The zero-order chi connectivity index (χ0) is 64.9. The summed E-state index contributed by atoms with van der Waals surface area (Å²) in [5.74, 6) is -3.99. The molecule has 0 radical (unpaired) electrons. The maximum absolute atomic E-state index is 14.8. The summed E-state index contributed by atoms with van der Waals surface area (Å²) in [5.41, 5.74) is 1.67. The van der Waals surface area contributed by atoms with Gasteiger partial charge < -0.3 is 49.6 Å². The number of aryl methyl sites for hydroxylation is 2. The van der Waals surface area contributed by atoms with Crippen LogP contribution in [0.4, 0.5) is 29.7 Å². The molecule has 90 heavy (non-hydrogen) atoms. The summed E-state index contributed by atoms with van der Waals surface area (Å²) in [4.78, 5) is 98.5. The van der Waals surface area contributed by atoms with Crippen molar-refractivity contribution in [1.82, 2.24) is 50.1 Å². The monoisotopic (exact) mass is 1240 g/mol. The topological polar surface area (TPSA) is 298 Å². The Morgan fingerprint density at radius 2 is 1.10 bits per heavy atom. The van der Waals surface area contributed by atoms with E-state index in [1.807, 2.05) is 9.80 Å². The van der Waals surface area contributed by atoms with Crippen molar-refractivity contribution in [2.45, 2.75) is 103 Å². The number of hydrogen-bond donors (Lipinski definition) is 4. The number of alkyl carbamates (subject to hydrolysis) is 2. The van der Waals surface area contributed by atoms with E-state index in [9.17, 15) is 47.8 Å². The Labute approximate surface area is 516 Å². The van der Waals surface area contributed by atoms with Gasteiger partial charge in [-0.3, -0.25) is 19.0 Å². The minimum atomic E-state index is -1.18. The number of anilines is 2. The highest BCUT2D eigenvalue weighted by atomic mass is 19.1. The van der Waals surface area contributed by atoms with Crippen molar-refractivity contribution < 1.29 is 66.7 Å². The van der Waals surface area contributed by atoms with Crippen molar-refractivity contribution in [1.29, 1.82) is 0 Å². The van der Waals surface area contributed by atoms with E-state index in [4.69, 9.17) is 18.9 Å². The predicted molar refractivity (Wildman–Crippen MR) is 329 cm³/mol. The molecule has 472 valence electrons. The van der Waals surface area contributed by atoms with Gasteiger partial charge >= 0.3 is 24.1 Å². The summed E-state index contributed by atoms with van der Waals surface area (Å²) in [6.45, 7) is 12.8. The van der Waals surface area contributed by atoms with Crippen LogP contribution in [0.1, 0.15) is 120 Å². The Morgan fingerprint density at radius 3 is 1.54 bits per heavy atom. The average molecular weight is 1240 g/mol. The summed E-state index contributed by atoms with van der Waals surface area (Å²) >= 11 is 0. The lowest BCUT2D eigenvalue weighted by molar-refractivity contribution is 0.0488. The number of ketones is 2. The molecule has 2 fully saturated rings. The van der Waals surface area contributed by atoms with E-state index in [1.165, 1.54) is 84.5 Å². The molecule has 4 aromatic heterocycles. The number of rotatable bonds is 16. The average Bonchev–Trinajstić information content (AvgIpc) is 1.51. The SMILES string of the molecule is COc1cccc(F)c1-c1nccc(C(=O)Cc2cc(C(=O)O)c3c(cnn3C)c2N2CCC[C@@H](NC(=O)OC(C)(C)C)C2)n1.COc1cccc(F)c1-c1nccc(C(=O)Cc2cc(C(=O)O)c3nn(C)cc3c2N2CCC[C@@H](NC(=O)OC(C)(C)C)C2)n1. The van der Waals surface area contributed by atoms with Crippen LogP contribution in [0.5, 0.6) is 11.5 Å². The maximum Gasteiger partial charge on any atom is 0.407 e. The van der Waals surface area contributed by atoms with Crippen LogP contribution < -0.4 is 29.9 Å². The molecule has 2 aliphatic heterocycles. The second-order valence-corrected chi connectivity index (χ2v) is 23.8. The molecular weight excluding hydrogens is 1170 g/mol. The van der Waals surface area contributed by atoms with Crippen LogP contribution >= 0.6 is 0 Å². The molecule has 0 unspecified atom stereocenters. The first-order valence-corrected chi connectivity index (χ1v) is 29.0. The van der Waals surface area contributed by atoms with E-state index >= 15 is 0 Å². The van der Waals surface area contributed by atoms with E-state index in [1.54, 1.807) is 80.2 Å².